The summed E-state index contributed by atoms with van der Waals surface area (Å²) in [5, 5.41) is 3.20. The number of rotatable bonds is 4. The number of nitrogens with zero attached hydrogens (tertiary/aromatic N) is 2. The zero-order valence-electron chi connectivity index (χ0n) is 7.75. The van der Waals surface area contributed by atoms with Crippen LogP contribution in [0.1, 0.15) is 17.9 Å². The van der Waals surface area contributed by atoms with Gasteiger partial charge >= 0.3 is 0 Å². The predicted molar refractivity (Wildman–Crippen MR) is 51.9 cm³/mol. The SMILES string of the molecule is C#CCCNCc1ccnc(C)n1. The average molecular weight is 175 g/mol. The second-order valence-electron chi connectivity index (χ2n) is 2.73. The highest BCUT2D eigenvalue weighted by Gasteiger charge is 1.93. The Bertz CT molecular complexity index is 301. The van der Waals surface area contributed by atoms with E-state index in [2.05, 4.69) is 21.2 Å². The molecule has 1 rings (SSSR count). The van der Waals surface area contributed by atoms with E-state index in [1.54, 1.807) is 6.20 Å². The molecule has 3 nitrogen and oxygen atoms in total. The van der Waals surface area contributed by atoms with Crippen molar-refractivity contribution in [2.75, 3.05) is 6.54 Å². The maximum absolute atomic E-state index is 5.12. The first kappa shape index (κ1) is 9.69. The molecule has 0 amide bonds. The minimum absolute atomic E-state index is 0.754. The molecular weight excluding hydrogens is 162 g/mol. The third-order valence-electron chi connectivity index (χ3n) is 1.59. The minimum atomic E-state index is 0.754. The summed E-state index contributed by atoms with van der Waals surface area (Å²) in [6.45, 7) is 3.47. The largest absolute Gasteiger partial charge is 0.310 e. The van der Waals surface area contributed by atoms with Gasteiger partial charge in [0, 0.05) is 25.7 Å². The van der Waals surface area contributed by atoms with Crippen molar-refractivity contribution in [3.05, 3.63) is 23.8 Å². The van der Waals surface area contributed by atoms with E-state index in [9.17, 15) is 0 Å². The van der Waals surface area contributed by atoms with Crippen LogP contribution in [0.25, 0.3) is 0 Å². The molecule has 13 heavy (non-hydrogen) atoms. The molecule has 0 fully saturated rings. The van der Waals surface area contributed by atoms with Gasteiger partial charge in [-0.1, -0.05) is 0 Å². The summed E-state index contributed by atoms with van der Waals surface area (Å²) in [6, 6.07) is 1.90. The number of aryl methyl sites for hydroxylation is 1. The molecule has 0 aliphatic rings. The highest BCUT2D eigenvalue weighted by atomic mass is 14.9. The molecule has 0 atom stereocenters. The maximum Gasteiger partial charge on any atom is 0.125 e. The normalized spacial score (nSPS) is 9.54. The van der Waals surface area contributed by atoms with Crippen molar-refractivity contribution in [2.24, 2.45) is 0 Å². The van der Waals surface area contributed by atoms with Crippen LogP contribution in [0.2, 0.25) is 0 Å². The highest BCUT2D eigenvalue weighted by Crippen LogP contribution is 1.93. The minimum Gasteiger partial charge on any atom is -0.310 e. The van der Waals surface area contributed by atoms with Crippen LogP contribution in [-0.4, -0.2) is 16.5 Å². The molecule has 1 aromatic heterocycles. The first-order valence-corrected chi connectivity index (χ1v) is 4.25. The topological polar surface area (TPSA) is 37.8 Å². The van der Waals surface area contributed by atoms with Crippen molar-refractivity contribution >= 4 is 0 Å². The van der Waals surface area contributed by atoms with E-state index >= 15 is 0 Å². The number of aromatic nitrogens is 2. The number of terminal acetylenes is 1. The van der Waals surface area contributed by atoms with Crippen molar-refractivity contribution in [1.82, 2.24) is 15.3 Å². The molecular formula is C10H13N3. The lowest BCUT2D eigenvalue weighted by Gasteiger charge is -2.01. The number of hydrogen-bond acceptors (Lipinski definition) is 3. The van der Waals surface area contributed by atoms with E-state index < -0.39 is 0 Å². The molecule has 0 aliphatic carbocycles. The third kappa shape index (κ3) is 3.68. The number of hydrogen-bond donors (Lipinski definition) is 1. The molecule has 0 saturated carbocycles. The molecule has 0 spiro atoms. The van der Waals surface area contributed by atoms with Crippen molar-refractivity contribution in [1.29, 1.82) is 0 Å². The first-order valence-electron chi connectivity index (χ1n) is 4.25. The molecule has 3 heteroatoms. The van der Waals surface area contributed by atoms with Gasteiger partial charge in [0.25, 0.3) is 0 Å². The molecule has 1 N–H and O–H groups in total. The van der Waals surface area contributed by atoms with Crippen LogP contribution < -0.4 is 5.32 Å². The highest BCUT2D eigenvalue weighted by molar-refractivity contribution is 5.01. The Hall–Kier alpha value is -1.40. The fourth-order valence-corrected chi connectivity index (χ4v) is 0.981. The number of nitrogens with one attached hydrogen (secondary N) is 1. The second-order valence-corrected chi connectivity index (χ2v) is 2.73. The Balaban J connectivity index is 2.33. The fraction of sp³-hybridized carbons (Fsp3) is 0.400. The summed E-state index contributed by atoms with van der Waals surface area (Å²) in [5.41, 5.74) is 1.00. The van der Waals surface area contributed by atoms with Crippen LogP contribution in [-0.2, 0) is 6.54 Å². The first-order chi connectivity index (χ1) is 6.33. The van der Waals surface area contributed by atoms with Gasteiger partial charge in [0.15, 0.2) is 0 Å². The van der Waals surface area contributed by atoms with E-state index in [1.807, 2.05) is 13.0 Å². The lowest BCUT2D eigenvalue weighted by atomic mass is 10.3. The van der Waals surface area contributed by atoms with Crippen molar-refractivity contribution < 1.29 is 0 Å². The van der Waals surface area contributed by atoms with Crippen molar-refractivity contribution in [3.8, 4) is 12.3 Å². The van der Waals surface area contributed by atoms with Crippen molar-refractivity contribution in [3.63, 3.8) is 0 Å². The molecule has 0 unspecified atom stereocenters. The summed E-state index contributed by atoms with van der Waals surface area (Å²) in [4.78, 5) is 8.26. The van der Waals surface area contributed by atoms with Gasteiger partial charge in [0.05, 0.1) is 5.69 Å². The summed E-state index contributed by atoms with van der Waals surface area (Å²) >= 11 is 0. The Morgan fingerprint density at radius 3 is 3.15 bits per heavy atom. The van der Waals surface area contributed by atoms with E-state index in [0.717, 1.165) is 31.0 Å². The molecule has 0 aromatic carbocycles. The molecule has 1 aromatic rings. The van der Waals surface area contributed by atoms with Crippen LogP contribution in [0.15, 0.2) is 12.3 Å². The summed E-state index contributed by atoms with van der Waals surface area (Å²) in [7, 11) is 0. The second kappa shape index (κ2) is 5.28. The van der Waals surface area contributed by atoms with Gasteiger partial charge in [0.1, 0.15) is 5.82 Å². The Morgan fingerprint density at radius 2 is 2.46 bits per heavy atom. The van der Waals surface area contributed by atoms with Crippen LogP contribution in [0, 0.1) is 19.3 Å². The van der Waals surface area contributed by atoms with Gasteiger partial charge in [-0.15, -0.1) is 12.3 Å². The van der Waals surface area contributed by atoms with E-state index in [4.69, 9.17) is 6.42 Å². The van der Waals surface area contributed by atoms with Gasteiger partial charge in [0.2, 0.25) is 0 Å². The van der Waals surface area contributed by atoms with Crippen LogP contribution >= 0.6 is 0 Å². The molecule has 1 heterocycles. The third-order valence-corrected chi connectivity index (χ3v) is 1.59. The smallest absolute Gasteiger partial charge is 0.125 e. The predicted octanol–water partition coefficient (Wildman–Crippen LogP) is 0.898. The summed E-state index contributed by atoms with van der Waals surface area (Å²) < 4.78 is 0. The van der Waals surface area contributed by atoms with E-state index in [-0.39, 0.29) is 0 Å². The molecule has 0 radical (unpaired) electrons. The standard InChI is InChI=1S/C10H13N3/c1-3-4-6-11-8-10-5-7-12-9(2)13-10/h1,5,7,11H,4,6,8H2,2H3. The van der Waals surface area contributed by atoms with Gasteiger partial charge < -0.3 is 5.32 Å². The van der Waals surface area contributed by atoms with E-state index in [1.165, 1.54) is 0 Å². The molecule has 0 bridgehead atoms. The van der Waals surface area contributed by atoms with Crippen LogP contribution in [0.3, 0.4) is 0 Å². The quantitative estimate of drug-likeness (QED) is 0.545. The van der Waals surface area contributed by atoms with Gasteiger partial charge in [-0.3, -0.25) is 0 Å². The van der Waals surface area contributed by atoms with Gasteiger partial charge in [-0.2, -0.15) is 0 Å². The Morgan fingerprint density at radius 1 is 1.62 bits per heavy atom. The monoisotopic (exact) mass is 175 g/mol. The maximum atomic E-state index is 5.12. The molecule has 68 valence electrons. The zero-order chi connectivity index (χ0) is 9.52. The Kier molecular flexibility index (Phi) is 3.94. The summed E-state index contributed by atoms with van der Waals surface area (Å²) in [5.74, 6) is 3.37. The average Bonchev–Trinajstić information content (AvgIpc) is 2.13. The molecule has 0 aliphatic heterocycles. The Labute approximate surface area is 78.6 Å². The molecule has 0 saturated heterocycles. The van der Waals surface area contributed by atoms with Crippen LogP contribution in [0.4, 0.5) is 0 Å². The van der Waals surface area contributed by atoms with Crippen molar-refractivity contribution in [2.45, 2.75) is 19.9 Å². The lowest BCUT2D eigenvalue weighted by Crippen LogP contribution is -2.15. The van der Waals surface area contributed by atoms with Crippen LogP contribution in [0.5, 0.6) is 0 Å². The lowest BCUT2D eigenvalue weighted by molar-refractivity contribution is 0.683. The van der Waals surface area contributed by atoms with Gasteiger partial charge in [-0.25, -0.2) is 9.97 Å². The van der Waals surface area contributed by atoms with Gasteiger partial charge in [-0.05, 0) is 13.0 Å². The van der Waals surface area contributed by atoms with E-state index in [0.29, 0.717) is 0 Å². The zero-order valence-corrected chi connectivity index (χ0v) is 7.75. The fourth-order valence-electron chi connectivity index (χ4n) is 0.981. The summed E-state index contributed by atoms with van der Waals surface area (Å²) in [6.07, 6.45) is 7.63.